The van der Waals surface area contributed by atoms with Crippen molar-refractivity contribution in [3.63, 3.8) is 0 Å². The quantitative estimate of drug-likeness (QED) is 0.831. The van der Waals surface area contributed by atoms with Gasteiger partial charge in [-0.15, -0.1) is 0 Å². The van der Waals surface area contributed by atoms with Crippen LogP contribution in [0.5, 0.6) is 0 Å². The Morgan fingerprint density at radius 3 is 2.72 bits per heavy atom. The van der Waals surface area contributed by atoms with Crippen molar-refractivity contribution in [3.05, 3.63) is 24.3 Å². The second kappa shape index (κ2) is 4.69. The molecule has 1 aliphatic carbocycles. The molecule has 0 amide bonds. The van der Waals surface area contributed by atoms with Crippen LogP contribution in [-0.4, -0.2) is 23.9 Å². The summed E-state index contributed by atoms with van der Waals surface area (Å²) < 4.78 is 1.23. The molecule has 1 aromatic heterocycles. The molecule has 0 N–H and O–H groups in total. The van der Waals surface area contributed by atoms with E-state index in [1.165, 1.54) is 4.70 Å². The third-order valence-corrected chi connectivity index (χ3v) is 4.77. The number of carbonyl (C=O) groups is 1. The molecule has 0 spiro atoms. The summed E-state index contributed by atoms with van der Waals surface area (Å²) in [6.07, 6.45) is 3.37. The van der Waals surface area contributed by atoms with Crippen LogP contribution < -0.4 is 4.90 Å². The van der Waals surface area contributed by atoms with Crippen LogP contribution >= 0.6 is 11.3 Å². The fraction of sp³-hybridized carbons (Fsp3) is 0.429. The number of anilines is 1. The summed E-state index contributed by atoms with van der Waals surface area (Å²) in [6.45, 7) is 0. The second-order valence-electron chi connectivity index (χ2n) is 4.84. The first-order valence-electron chi connectivity index (χ1n) is 6.34. The number of rotatable bonds is 2. The van der Waals surface area contributed by atoms with Gasteiger partial charge in [0.05, 0.1) is 10.2 Å². The van der Waals surface area contributed by atoms with E-state index in [0.29, 0.717) is 11.8 Å². The predicted molar refractivity (Wildman–Crippen MR) is 75.3 cm³/mol. The molecule has 0 atom stereocenters. The predicted octanol–water partition coefficient (Wildman–Crippen LogP) is 3.24. The van der Waals surface area contributed by atoms with Crippen molar-refractivity contribution >= 4 is 32.5 Å². The van der Waals surface area contributed by atoms with Crippen molar-refractivity contribution in [2.75, 3.05) is 11.9 Å². The molecule has 94 valence electrons. The first kappa shape index (κ1) is 11.7. The van der Waals surface area contributed by atoms with E-state index in [1.54, 1.807) is 11.3 Å². The molecule has 1 aliphatic rings. The van der Waals surface area contributed by atoms with Crippen LogP contribution in [0.15, 0.2) is 24.3 Å². The number of Topliss-reactive ketones (excluding diaryl/α,β-unsaturated/α-hetero) is 1. The lowest BCUT2D eigenvalue weighted by atomic mass is 9.94. The van der Waals surface area contributed by atoms with Crippen LogP contribution in [0.25, 0.3) is 10.2 Å². The van der Waals surface area contributed by atoms with E-state index in [2.05, 4.69) is 23.0 Å². The lowest BCUT2D eigenvalue weighted by Gasteiger charge is -2.30. The summed E-state index contributed by atoms with van der Waals surface area (Å²) in [5.74, 6) is 0.406. The minimum absolute atomic E-state index is 0.406. The SMILES string of the molecule is CN(c1nc2ccccc2s1)C1CCC(=O)CC1. The Hall–Kier alpha value is -1.42. The molecule has 0 saturated heterocycles. The minimum atomic E-state index is 0.406. The Balaban J connectivity index is 1.83. The van der Waals surface area contributed by atoms with Gasteiger partial charge in [0.25, 0.3) is 0 Å². The molecular weight excluding hydrogens is 244 g/mol. The maximum Gasteiger partial charge on any atom is 0.186 e. The third kappa shape index (κ3) is 2.12. The van der Waals surface area contributed by atoms with Crippen molar-refractivity contribution in [2.24, 2.45) is 0 Å². The van der Waals surface area contributed by atoms with E-state index in [1.807, 2.05) is 18.2 Å². The van der Waals surface area contributed by atoms with E-state index >= 15 is 0 Å². The van der Waals surface area contributed by atoms with Crippen molar-refractivity contribution in [3.8, 4) is 0 Å². The zero-order valence-corrected chi connectivity index (χ0v) is 11.2. The van der Waals surface area contributed by atoms with Crippen LogP contribution in [0.2, 0.25) is 0 Å². The van der Waals surface area contributed by atoms with Gasteiger partial charge in [0.1, 0.15) is 5.78 Å². The number of benzene rings is 1. The highest BCUT2D eigenvalue weighted by Gasteiger charge is 2.23. The maximum atomic E-state index is 11.3. The highest BCUT2D eigenvalue weighted by Crippen LogP contribution is 2.31. The monoisotopic (exact) mass is 260 g/mol. The zero-order chi connectivity index (χ0) is 12.5. The topological polar surface area (TPSA) is 33.2 Å². The lowest BCUT2D eigenvalue weighted by molar-refractivity contribution is -0.120. The minimum Gasteiger partial charge on any atom is -0.348 e. The van der Waals surface area contributed by atoms with Crippen molar-refractivity contribution in [1.29, 1.82) is 0 Å². The highest BCUT2D eigenvalue weighted by atomic mass is 32.1. The molecule has 0 bridgehead atoms. The number of hydrogen-bond acceptors (Lipinski definition) is 4. The summed E-state index contributed by atoms with van der Waals surface area (Å²) in [6, 6.07) is 8.68. The summed E-state index contributed by atoms with van der Waals surface area (Å²) in [5, 5.41) is 1.07. The highest BCUT2D eigenvalue weighted by molar-refractivity contribution is 7.22. The Kier molecular flexibility index (Phi) is 3.04. The number of carbonyl (C=O) groups excluding carboxylic acids is 1. The average molecular weight is 260 g/mol. The van der Waals surface area contributed by atoms with Gasteiger partial charge in [-0.1, -0.05) is 23.5 Å². The summed E-state index contributed by atoms with van der Waals surface area (Å²) in [5.41, 5.74) is 1.07. The van der Waals surface area contributed by atoms with Crippen LogP contribution in [0, 0.1) is 0 Å². The van der Waals surface area contributed by atoms with Gasteiger partial charge < -0.3 is 4.90 Å². The normalized spacial score (nSPS) is 17.3. The van der Waals surface area contributed by atoms with Gasteiger partial charge in [0, 0.05) is 25.9 Å². The fourth-order valence-corrected chi connectivity index (χ4v) is 3.48. The molecule has 18 heavy (non-hydrogen) atoms. The van der Waals surface area contributed by atoms with Gasteiger partial charge in [-0.25, -0.2) is 4.98 Å². The first-order valence-corrected chi connectivity index (χ1v) is 7.16. The fourth-order valence-electron chi connectivity index (χ4n) is 2.48. The molecular formula is C14H16N2OS. The van der Waals surface area contributed by atoms with E-state index in [4.69, 9.17) is 0 Å². The van der Waals surface area contributed by atoms with Crippen molar-refractivity contribution < 1.29 is 4.79 Å². The van der Waals surface area contributed by atoms with E-state index in [-0.39, 0.29) is 0 Å². The largest absolute Gasteiger partial charge is 0.348 e. The summed E-state index contributed by atoms with van der Waals surface area (Å²) in [7, 11) is 2.10. The van der Waals surface area contributed by atoms with Crippen LogP contribution in [0.3, 0.4) is 0 Å². The number of thiazole rings is 1. The number of nitrogens with zero attached hydrogens (tertiary/aromatic N) is 2. The third-order valence-electron chi connectivity index (χ3n) is 3.64. The van der Waals surface area contributed by atoms with Gasteiger partial charge in [-0.2, -0.15) is 0 Å². The van der Waals surface area contributed by atoms with E-state index < -0.39 is 0 Å². The molecule has 0 unspecified atom stereocenters. The molecule has 0 radical (unpaired) electrons. The number of aromatic nitrogens is 1. The van der Waals surface area contributed by atoms with Gasteiger partial charge >= 0.3 is 0 Å². The molecule has 1 aromatic carbocycles. The molecule has 2 aromatic rings. The van der Waals surface area contributed by atoms with E-state index in [9.17, 15) is 4.79 Å². The standard InChI is InChI=1S/C14H16N2OS/c1-16(10-6-8-11(17)9-7-10)14-15-12-4-2-3-5-13(12)18-14/h2-5,10H,6-9H2,1H3. The molecule has 0 aliphatic heterocycles. The number of fused-ring (bicyclic) bond motifs is 1. The summed E-state index contributed by atoms with van der Waals surface area (Å²) >= 11 is 1.73. The molecule has 3 nitrogen and oxygen atoms in total. The van der Waals surface area contributed by atoms with Crippen LogP contribution in [-0.2, 0) is 4.79 Å². The van der Waals surface area contributed by atoms with Gasteiger partial charge in [-0.05, 0) is 25.0 Å². The Morgan fingerprint density at radius 2 is 2.00 bits per heavy atom. The average Bonchev–Trinajstić information content (AvgIpc) is 2.82. The van der Waals surface area contributed by atoms with Crippen LogP contribution in [0.1, 0.15) is 25.7 Å². The first-order chi connectivity index (χ1) is 8.74. The summed E-state index contributed by atoms with van der Waals surface area (Å²) in [4.78, 5) is 18.2. The molecule has 3 rings (SSSR count). The van der Waals surface area contributed by atoms with Crippen molar-refractivity contribution in [1.82, 2.24) is 4.98 Å². The smallest absolute Gasteiger partial charge is 0.186 e. The Bertz CT molecular complexity index is 535. The molecule has 1 heterocycles. The van der Waals surface area contributed by atoms with Gasteiger partial charge in [0.15, 0.2) is 5.13 Å². The van der Waals surface area contributed by atoms with Crippen molar-refractivity contribution in [2.45, 2.75) is 31.7 Å². The van der Waals surface area contributed by atoms with Crippen LogP contribution in [0.4, 0.5) is 5.13 Å². The molecule has 4 heteroatoms. The van der Waals surface area contributed by atoms with Gasteiger partial charge in [-0.3, -0.25) is 4.79 Å². The second-order valence-corrected chi connectivity index (χ2v) is 5.85. The number of hydrogen-bond donors (Lipinski definition) is 0. The lowest BCUT2D eigenvalue weighted by Crippen LogP contribution is -2.35. The number of ketones is 1. The molecule has 1 saturated carbocycles. The zero-order valence-electron chi connectivity index (χ0n) is 10.4. The molecule has 1 fully saturated rings. The van der Waals surface area contributed by atoms with E-state index in [0.717, 1.165) is 36.3 Å². The maximum absolute atomic E-state index is 11.3. The van der Waals surface area contributed by atoms with Gasteiger partial charge in [0.2, 0.25) is 0 Å². The number of para-hydroxylation sites is 1. The Labute approximate surface area is 110 Å². The Morgan fingerprint density at radius 1 is 1.28 bits per heavy atom.